The van der Waals surface area contributed by atoms with E-state index < -0.39 is 0 Å². The topological polar surface area (TPSA) is 57.5 Å². The van der Waals surface area contributed by atoms with E-state index in [0.29, 0.717) is 33.0 Å². The van der Waals surface area contributed by atoms with Gasteiger partial charge < -0.3 is 24.1 Å². The second kappa shape index (κ2) is 14.0. The average molecular weight is 299 g/mol. The summed E-state index contributed by atoms with van der Waals surface area (Å²) < 4.78 is 18.3. The third-order valence-electron chi connectivity index (χ3n) is 2.92. The monoisotopic (exact) mass is 299 g/mol. The average Bonchev–Trinajstić information content (AvgIpc) is 3.01. The number of ether oxygens (including phenoxy) is 3. The summed E-state index contributed by atoms with van der Waals surface area (Å²) in [7, 11) is 0. The molecule has 6 heteroatoms. The van der Waals surface area contributed by atoms with Gasteiger partial charge in [0.15, 0.2) is 0 Å². The molecule has 1 N–H and O–H groups in total. The van der Waals surface area contributed by atoms with E-state index in [1.165, 1.54) is 6.42 Å². The zero-order valence-corrected chi connectivity index (χ0v) is 13.1. The second-order valence-corrected chi connectivity index (χ2v) is 4.74. The van der Waals surface area contributed by atoms with Crippen molar-refractivity contribution in [2.45, 2.75) is 26.3 Å². The lowest BCUT2D eigenvalue weighted by Crippen LogP contribution is -2.24. The normalized spacial score (nSPS) is 11.1. The van der Waals surface area contributed by atoms with Crippen LogP contribution in [0.1, 0.15) is 19.8 Å². The molecule has 0 aliphatic rings. The fraction of sp³-hybridized carbons (Fsp3) is 0.800. The van der Waals surface area contributed by atoms with Crippen molar-refractivity contribution in [3.8, 4) is 0 Å². The summed E-state index contributed by atoms with van der Waals surface area (Å²) in [5, 5.41) is 3.32. The van der Waals surface area contributed by atoms with Crippen molar-refractivity contribution in [2.24, 2.45) is 0 Å². The highest BCUT2D eigenvalue weighted by Crippen LogP contribution is 1.88. The minimum absolute atomic E-state index is 0.631. The largest absolute Gasteiger partial charge is 0.379 e. The Kier molecular flexibility index (Phi) is 12.1. The molecule has 0 spiro atoms. The minimum Gasteiger partial charge on any atom is -0.379 e. The Morgan fingerprint density at radius 3 is 2.33 bits per heavy atom. The van der Waals surface area contributed by atoms with Gasteiger partial charge in [0.2, 0.25) is 0 Å². The van der Waals surface area contributed by atoms with Crippen LogP contribution in [0, 0.1) is 0 Å². The van der Waals surface area contributed by atoms with Gasteiger partial charge in [-0.1, -0.05) is 13.3 Å². The molecule has 0 bridgehead atoms. The summed E-state index contributed by atoms with van der Waals surface area (Å²) in [5.41, 5.74) is 0. The van der Waals surface area contributed by atoms with E-state index in [9.17, 15) is 0 Å². The molecule has 0 fully saturated rings. The van der Waals surface area contributed by atoms with Crippen molar-refractivity contribution in [3.63, 3.8) is 0 Å². The fourth-order valence-corrected chi connectivity index (χ4v) is 1.68. The molecule has 122 valence electrons. The van der Waals surface area contributed by atoms with Gasteiger partial charge in [-0.3, -0.25) is 0 Å². The molecule has 0 aromatic carbocycles. The molecule has 6 nitrogen and oxygen atoms in total. The van der Waals surface area contributed by atoms with E-state index in [1.807, 2.05) is 17.1 Å². The van der Waals surface area contributed by atoms with E-state index in [-0.39, 0.29) is 0 Å². The standard InChI is InChI=1S/C15H29N3O3/c1-2-3-9-19-11-13-21-14-12-20-10-6-16-4-7-18-8-5-17-15-18/h5,8,15-16H,2-4,6-7,9-14H2,1H3. The second-order valence-electron chi connectivity index (χ2n) is 4.74. The van der Waals surface area contributed by atoms with Gasteiger partial charge in [-0.25, -0.2) is 4.98 Å². The Morgan fingerprint density at radius 1 is 0.952 bits per heavy atom. The lowest BCUT2D eigenvalue weighted by Gasteiger charge is -2.08. The molecule has 0 saturated carbocycles. The highest BCUT2D eigenvalue weighted by Gasteiger charge is 1.93. The van der Waals surface area contributed by atoms with Crippen LogP contribution in [0.4, 0.5) is 0 Å². The number of hydrogen-bond acceptors (Lipinski definition) is 5. The summed E-state index contributed by atoms with van der Waals surface area (Å²) in [6, 6.07) is 0. The van der Waals surface area contributed by atoms with Crippen LogP contribution in [0.25, 0.3) is 0 Å². The molecule has 1 aromatic heterocycles. The van der Waals surface area contributed by atoms with Crippen molar-refractivity contribution in [1.82, 2.24) is 14.9 Å². The third kappa shape index (κ3) is 11.4. The van der Waals surface area contributed by atoms with E-state index >= 15 is 0 Å². The Hall–Kier alpha value is -0.950. The maximum absolute atomic E-state index is 5.47. The first-order chi connectivity index (χ1) is 10.4. The molecule has 0 radical (unpaired) electrons. The third-order valence-corrected chi connectivity index (χ3v) is 2.92. The molecular weight excluding hydrogens is 270 g/mol. The van der Waals surface area contributed by atoms with Gasteiger partial charge in [0, 0.05) is 38.6 Å². The molecule has 0 aliphatic heterocycles. The molecule has 1 rings (SSSR count). The molecule has 0 amide bonds. The van der Waals surface area contributed by atoms with Gasteiger partial charge in [-0.05, 0) is 6.42 Å². The van der Waals surface area contributed by atoms with E-state index in [4.69, 9.17) is 14.2 Å². The van der Waals surface area contributed by atoms with E-state index in [0.717, 1.165) is 32.7 Å². The first kappa shape index (κ1) is 18.1. The number of imidazole rings is 1. The van der Waals surface area contributed by atoms with Gasteiger partial charge in [-0.2, -0.15) is 0 Å². The van der Waals surface area contributed by atoms with Crippen molar-refractivity contribution in [3.05, 3.63) is 18.7 Å². The Balaban J connectivity index is 1.69. The van der Waals surface area contributed by atoms with Crippen molar-refractivity contribution < 1.29 is 14.2 Å². The summed E-state index contributed by atoms with van der Waals surface area (Å²) in [6.07, 6.45) is 7.86. The Bertz CT molecular complexity index is 307. The molecule has 1 aromatic rings. The molecule has 0 atom stereocenters. The summed E-state index contributed by atoms with van der Waals surface area (Å²) in [4.78, 5) is 3.99. The van der Waals surface area contributed by atoms with Crippen LogP contribution in [-0.4, -0.2) is 62.3 Å². The van der Waals surface area contributed by atoms with Crippen LogP contribution in [0.3, 0.4) is 0 Å². The molecule has 1 heterocycles. The van der Waals surface area contributed by atoms with E-state index in [2.05, 4.69) is 17.2 Å². The highest BCUT2D eigenvalue weighted by atomic mass is 16.5. The number of hydrogen-bond donors (Lipinski definition) is 1. The molecule has 0 saturated heterocycles. The van der Waals surface area contributed by atoms with Crippen LogP contribution in [-0.2, 0) is 20.8 Å². The van der Waals surface area contributed by atoms with Crippen molar-refractivity contribution in [2.75, 3.05) is 52.7 Å². The lowest BCUT2D eigenvalue weighted by atomic mass is 10.4. The SMILES string of the molecule is CCCCOCCOCCOCCNCCn1ccnc1. The number of nitrogens with one attached hydrogen (secondary N) is 1. The zero-order valence-electron chi connectivity index (χ0n) is 13.1. The van der Waals surface area contributed by atoms with Crippen molar-refractivity contribution >= 4 is 0 Å². The fourth-order valence-electron chi connectivity index (χ4n) is 1.68. The lowest BCUT2D eigenvalue weighted by molar-refractivity contribution is 0.0146. The summed E-state index contributed by atoms with van der Waals surface area (Å²) >= 11 is 0. The number of unbranched alkanes of at least 4 members (excludes halogenated alkanes) is 1. The van der Waals surface area contributed by atoms with Crippen LogP contribution >= 0.6 is 0 Å². The van der Waals surface area contributed by atoms with Gasteiger partial charge in [-0.15, -0.1) is 0 Å². The maximum Gasteiger partial charge on any atom is 0.0946 e. The molecule has 0 unspecified atom stereocenters. The predicted molar refractivity (Wildman–Crippen MR) is 82.5 cm³/mol. The number of rotatable bonds is 15. The van der Waals surface area contributed by atoms with Gasteiger partial charge in [0.05, 0.1) is 39.4 Å². The number of aromatic nitrogens is 2. The quantitative estimate of drug-likeness (QED) is 0.495. The summed E-state index contributed by atoms with van der Waals surface area (Å²) in [5.74, 6) is 0. The predicted octanol–water partition coefficient (Wildman–Crippen LogP) is 1.32. The Labute approximate surface area is 127 Å². The maximum atomic E-state index is 5.47. The smallest absolute Gasteiger partial charge is 0.0946 e. The molecule has 0 aliphatic carbocycles. The van der Waals surface area contributed by atoms with Crippen LogP contribution < -0.4 is 5.32 Å². The first-order valence-electron chi connectivity index (χ1n) is 7.83. The first-order valence-corrected chi connectivity index (χ1v) is 7.83. The summed E-state index contributed by atoms with van der Waals surface area (Å²) in [6.45, 7) is 9.00. The van der Waals surface area contributed by atoms with Crippen LogP contribution in [0.2, 0.25) is 0 Å². The van der Waals surface area contributed by atoms with Gasteiger partial charge >= 0.3 is 0 Å². The minimum atomic E-state index is 0.631. The van der Waals surface area contributed by atoms with Gasteiger partial charge in [0.1, 0.15) is 0 Å². The van der Waals surface area contributed by atoms with Gasteiger partial charge in [0.25, 0.3) is 0 Å². The molecular formula is C15H29N3O3. The zero-order chi connectivity index (χ0) is 15.0. The molecule has 21 heavy (non-hydrogen) atoms. The van der Waals surface area contributed by atoms with Crippen molar-refractivity contribution in [1.29, 1.82) is 0 Å². The van der Waals surface area contributed by atoms with Crippen LogP contribution in [0.5, 0.6) is 0 Å². The highest BCUT2D eigenvalue weighted by molar-refractivity contribution is 4.73. The van der Waals surface area contributed by atoms with E-state index in [1.54, 1.807) is 6.20 Å². The van der Waals surface area contributed by atoms with Crippen LogP contribution in [0.15, 0.2) is 18.7 Å². The Morgan fingerprint density at radius 2 is 1.67 bits per heavy atom. The number of nitrogens with zero attached hydrogens (tertiary/aromatic N) is 2.